The van der Waals surface area contributed by atoms with Gasteiger partial charge in [-0.15, -0.1) is 0 Å². The zero-order chi connectivity index (χ0) is 18.6. The Balaban J connectivity index is 1.20. The Morgan fingerprint density at radius 1 is 0.926 bits per heavy atom. The maximum Gasteiger partial charge on any atom is 0.251 e. The van der Waals surface area contributed by atoms with Crippen LogP contribution < -0.4 is 10.2 Å². The number of hydrogen-bond donors (Lipinski definition) is 1. The van der Waals surface area contributed by atoms with Crippen molar-refractivity contribution in [2.75, 3.05) is 38.1 Å². The number of piperidine rings is 2. The smallest absolute Gasteiger partial charge is 0.251 e. The third-order valence-electron chi connectivity index (χ3n) is 6.62. The number of rotatable bonds is 5. The molecule has 1 amide bonds. The second kappa shape index (κ2) is 8.61. The third kappa shape index (κ3) is 4.46. The van der Waals surface area contributed by atoms with Gasteiger partial charge in [0.25, 0.3) is 5.91 Å². The summed E-state index contributed by atoms with van der Waals surface area (Å²) in [4.78, 5) is 16.8. The molecule has 0 spiro atoms. The van der Waals surface area contributed by atoms with Crippen LogP contribution in [0.4, 0.5) is 5.69 Å². The van der Waals surface area contributed by atoms with E-state index < -0.39 is 0 Å². The van der Waals surface area contributed by atoms with Gasteiger partial charge in [-0.05, 0) is 62.8 Å². The van der Waals surface area contributed by atoms with Crippen molar-refractivity contribution in [1.82, 2.24) is 10.2 Å². The van der Waals surface area contributed by atoms with Gasteiger partial charge in [0.15, 0.2) is 0 Å². The average molecular weight is 372 g/mol. The summed E-state index contributed by atoms with van der Waals surface area (Å²) in [7, 11) is 1.66. The average Bonchev–Trinajstić information content (AvgIpc) is 2.68. The summed E-state index contributed by atoms with van der Waals surface area (Å²) in [6.45, 7) is 4.52. The second-order valence-corrected chi connectivity index (χ2v) is 8.27. The van der Waals surface area contributed by atoms with Gasteiger partial charge in [-0.1, -0.05) is 6.42 Å². The van der Waals surface area contributed by atoms with Crippen molar-refractivity contribution >= 4 is 11.6 Å². The van der Waals surface area contributed by atoms with Gasteiger partial charge >= 0.3 is 0 Å². The molecule has 0 bridgehead atoms. The van der Waals surface area contributed by atoms with E-state index in [4.69, 9.17) is 4.74 Å². The van der Waals surface area contributed by atoms with Crippen LogP contribution in [0.2, 0.25) is 0 Å². The SMILES string of the molecule is CNC(=O)c1ccc(N2CCC(OC3CCN(C4CCC4)CC3)CC2)cc1. The van der Waals surface area contributed by atoms with E-state index in [-0.39, 0.29) is 5.91 Å². The Kier molecular flexibility index (Phi) is 5.98. The Labute approximate surface area is 163 Å². The topological polar surface area (TPSA) is 44.8 Å². The summed E-state index contributed by atoms with van der Waals surface area (Å²) in [5.41, 5.74) is 1.92. The molecule has 5 nitrogen and oxygen atoms in total. The highest BCUT2D eigenvalue weighted by Gasteiger charge is 2.30. The summed E-state index contributed by atoms with van der Waals surface area (Å²) >= 11 is 0. The number of benzene rings is 1. The van der Waals surface area contributed by atoms with Crippen molar-refractivity contribution in [1.29, 1.82) is 0 Å². The summed E-state index contributed by atoms with van der Waals surface area (Å²) in [5, 5.41) is 2.67. The highest BCUT2D eigenvalue weighted by atomic mass is 16.5. The third-order valence-corrected chi connectivity index (χ3v) is 6.62. The van der Waals surface area contributed by atoms with Gasteiger partial charge in [0, 0.05) is 50.5 Å². The molecule has 3 fully saturated rings. The molecule has 3 aliphatic rings. The predicted molar refractivity (Wildman–Crippen MR) is 108 cm³/mol. The van der Waals surface area contributed by atoms with Crippen LogP contribution in [0.25, 0.3) is 0 Å². The van der Waals surface area contributed by atoms with Crippen LogP contribution in [-0.2, 0) is 4.74 Å². The van der Waals surface area contributed by atoms with Gasteiger partial charge in [-0.25, -0.2) is 0 Å². The van der Waals surface area contributed by atoms with E-state index in [0.29, 0.717) is 17.8 Å². The fourth-order valence-electron chi connectivity index (χ4n) is 4.62. The van der Waals surface area contributed by atoms with Crippen LogP contribution in [0.3, 0.4) is 0 Å². The van der Waals surface area contributed by atoms with Gasteiger partial charge in [-0.3, -0.25) is 4.79 Å². The quantitative estimate of drug-likeness (QED) is 0.864. The van der Waals surface area contributed by atoms with Crippen LogP contribution in [0, 0.1) is 0 Å². The minimum absolute atomic E-state index is 0.0305. The van der Waals surface area contributed by atoms with E-state index in [1.54, 1.807) is 7.05 Å². The fraction of sp³-hybridized carbons (Fsp3) is 0.682. The normalized spacial score (nSPS) is 23.2. The first-order chi connectivity index (χ1) is 13.2. The first kappa shape index (κ1) is 18.8. The lowest BCUT2D eigenvalue weighted by Gasteiger charge is -2.43. The highest BCUT2D eigenvalue weighted by Crippen LogP contribution is 2.29. The van der Waals surface area contributed by atoms with Gasteiger partial charge in [0.2, 0.25) is 0 Å². The molecule has 4 rings (SSSR count). The molecular weight excluding hydrogens is 338 g/mol. The Hall–Kier alpha value is -1.59. The highest BCUT2D eigenvalue weighted by molar-refractivity contribution is 5.94. The molecule has 27 heavy (non-hydrogen) atoms. The number of nitrogens with zero attached hydrogens (tertiary/aromatic N) is 2. The van der Waals surface area contributed by atoms with E-state index >= 15 is 0 Å². The van der Waals surface area contributed by atoms with E-state index in [1.165, 1.54) is 50.9 Å². The van der Waals surface area contributed by atoms with Crippen LogP contribution >= 0.6 is 0 Å². The number of hydrogen-bond acceptors (Lipinski definition) is 4. The standard InChI is InChI=1S/C22H33N3O2/c1-23-22(26)17-5-7-19(8-6-17)25-15-11-21(12-16-25)27-20-9-13-24(14-10-20)18-3-2-4-18/h5-8,18,20-21H,2-4,9-16H2,1H3,(H,23,26). The molecule has 5 heteroatoms. The van der Waals surface area contributed by atoms with E-state index in [9.17, 15) is 4.79 Å². The van der Waals surface area contributed by atoms with Crippen molar-refractivity contribution in [2.24, 2.45) is 0 Å². The zero-order valence-corrected chi connectivity index (χ0v) is 16.5. The Morgan fingerprint density at radius 2 is 1.52 bits per heavy atom. The lowest BCUT2D eigenvalue weighted by atomic mass is 9.89. The van der Waals surface area contributed by atoms with Crippen molar-refractivity contribution in [2.45, 2.75) is 63.2 Å². The summed E-state index contributed by atoms with van der Waals surface area (Å²) < 4.78 is 6.46. The van der Waals surface area contributed by atoms with Gasteiger partial charge in [-0.2, -0.15) is 0 Å². The lowest BCUT2D eigenvalue weighted by Crippen LogP contribution is -2.47. The van der Waals surface area contributed by atoms with Gasteiger partial charge in [0.05, 0.1) is 12.2 Å². The van der Waals surface area contributed by atoms with E-state index in [2.05, 4.69) is 27.2 Å². The monoisotopic (exact) mass is 371 g/mol. The first-order valence-electron chi connectivity index (χ1n) is 10.7. The molecule has 1 aromatic rings. The van der Waals surface area contributed by atoms with Crippen molar-refractivity contribution < 1.29 is 9.53 Å². The van der Waals surface area contributed by atoms with Gasteiger partial charge in [0.1, 0.15) is 0 Å². The number of nitrogens with one attached hydrogen (secondary N) is 1. The van der Waals surface area contributed by atoms with Crippen LogP contribution in [-0.4, -0.2) is 62.3 Å². The molecule has 148 valence electrons. The first-order valence-corrected chi connectivity index (χ1v) is 10.7. The predicted octanol–water partition coefficient (Wildman–Crippen LogP) is 3.05. The van der Waals surface area contributed by atoms with Gasteiger partial charge < -0.3 is 19.9 Å². The Morgan fingerprint density at radius 3 is 2.04 bits per heavy atom. The number of amides is 1. The largest absolute Gasteiger partial charge is 0.375 e. The minimum atomic E-state index is -0.0305. The molecule has 2 aliphatic heterocycles. The Bertz CT molecular complexity index is 613. The molecule has 1 N–H and O–H groups in total. The maximum atomic E-state index is 11.7. The molecule has 1 aliphatic carbocycles. The number of anilines is 1. The molecule has 2 saturated heterocycles. The summed E-state index contributed by atoms with van der Waals surface area (Å²) in [6, 6.07) is 8.81. The number of carbonyl (C=O) groups excluding carboxylic acids is 1. The maximum absolute atomic E-state index is 11.7. The number of carbonyl (C=O) groups is 1. The summed E-state index contributed by atoms with van der Waals surface area (Å²) in [6.07, 6.45) is 9.72. The second-order valence-electron chi connectivity index (χ2n) is 8.27. The molecular formula is C22H33N3O2. The van der Waals surface area contributed by atoms with Crippen LogP contribution in [0.5, 0.6) is 0 Å². The van der Waals surface area contributed by atoms with Crippen molar-refractivity contribution in [3.63, 3.8) is 0 Å². The zero-order valence-electron chi connectivity index (χ0n) is 16.5. The molecule has 0 aromatic heterocycles. The number of likely N-dealkylation sites (tertiary alicyclic amines) is 1. The summed E-state index contributed by atoms with van der Waals surface area (Å²) in [5.74, 6) is -0.0305. The van der Waals surface area contributed by atoms with Crippen molar-refractivity contribution in [3.05, 3.63) is 29.8 Å². The lowest BCUT2D eigenvalue weighted by molar-refractivity contribution is -0.0598. The minimum Gasteiger partial charge on any atom is -0.375 e. The molecule has 0 radical (unpaired) electrons. The fourth-order valence-corrected chi connectivity index (χ4v) is 4.62. The van der Waals surface area contributed by atoms with E-state index in [1.807, 2.05) is 12.1 Å². The van der Waals surface area contributed by atoms with Crippen molar-refractivity contribution in [3.8, 4) is 0 Å². The number of ether oxygens (including phenoxy) is 1. The van der Waals surface area contributed by atoms with Crippen LogP contribution in [0.1, 0.15) is 55.3 Å². The molecule has 1 aromatic carbocycles. The molecule has 0 unspecified atom stereocenters. The molecule has 1 saturated carbocycles. The van der Waals surface area contributed by atoms with E-state index in [0.717, 1.165) is 32.0 Å². The molecule has 0 atom stereocenters. The van der Waals surface area contributed by atoms with Crippen LogP contribution in [0.15, 0.2) is 24.3 Å². The molecule has 2 heterocycles.